The van der Waals surface area contributed by atoms with Crippen LogP contribution in [-0.2, 0) is 29.0 Å². The Morgan fingerprint density at radius 1 is 1.17 bits per heavy atom. The van der Waals surface area contributed by atoms with Gasteiger partial charge in [-0.05, 0) is 49.4 Å². The molecule has 3 heterocycles. The monoisotopic (exact) mass is 497 g/mol. The van der Waals surface area contributed by atoms with E-state index >= 15 is 0 Å². The summed E-state index contributed by atoms with van der Waals surface area (Å²) in [7, 11) is 0. The molecule has 35 heavy (non-hydrogen) atoms. The maximum atomic E-state index is 13.3. The summed E-state index contributed by atoms with van der Waals surface area (Å²) in [5.41, 5.74) is 1.27. The largest absolute Gasteiger partial charge is 0.451 e. The third kappa shape index (κ3) is 4.74. The molecule has 7 nitrogen and oxygen atoms in total. The molecule has 184 valence electrons. The van der Waals surface area contributed by atoms with Crippen LogP contribution in [0.3, 0.4) is 0 Å². The van der Waals surface area contributed by atoms with Crippen LogP contribution in [0.25, 0.3) is 10.2 Å². The van der Waals surface area contributed by atoms with E-state index in [2.05, 4.69) is 4.98 Å². The van der Waals surface area contributed by atoms with Gasteiger partial charge in [0, 0.05) is 25.6 Å². The molecule has 0 spiro atoms. The fourth-order valence-electron chi connectivity index (χ4n) is 5.15. The highest BCUT2D eigenvalue weighted by atomic mass is 32.1. The number of rotatable bonds is 6. The van der Waals surface area contributed by atoms with E-state index in [0.717, 1.165) is 67.7 Å². The lowest BCUT2D eigenvalue weighted by atomic mass is 9.93. The van der Waals surface area contributed by atoms with E-state index in [1.54, 1.807) is 28.5 Å². The number of amides is 1. The lowest BCUT2D eigenvalue weighted by Gasteiger charge is -2.34. The second kappa shape index (κ2) is 9.89. The number of hydrogen-bond acceptors (Lipinski definition) is 6. The predicted octanol–water partition coefficient (Wildman–Crippen LogP) is 4.37. The highest BCUT2D eigenvalue weighted by Gasteiger charge is 2.28. The molecule has 0 N–H and O–H groups in total. The number of fused-ring (bicyclic) bond motifs is 2. The van der Waals surface area contributed by atoms with Crippen LogP contribution in [0.15, 0.2) is 29.1 Å². The Morgan fingerprint density at radius 3 is 2.66 bits per heavy atom. The first-order valence-electron chi connectivity index (χ1n) is 12.2. The molecular weight excluding hydrogens is 469 g/mol. The van der Waals surface area contributed by atoms with Crippen LogP contribution in [0.2, 0.25) is 0 Å². The third-order valence-electron chi connectivity index (χ3n) is 7.03. The molecular formula is C26H28FN3O4S. The summed E-state index contributed by atoms with van der Waals surface area (Å²) in [5, 5.41) is 0.457. The smallest absolute Gasteiger partial charge is 0.349 e. The van der Waals surface area contributed by atoms with Crippen molar-refractivity contribution in [2.45, 2.75) is 71.0 Å². The molecule has 0 bridgehead atoms. The zero-order valence-electron chi connectivity index (χ0n) is 19.7. The van der Waals surface area contributed by atoms with Crippen LogP contribution in [0.1, 0.15) is 65.1 Å². The number of carbonyl (C=O) groups is 2. The lowest BCUT2D eigenvalue weighted by Crippen LogP contribution is -2.43. The van der Waals surface area contributed by atoms with Crippen molar-refractivity contribution < 1.29 is 18.7 Å². The van der Waals surface area contributed by atoms with E-state index in [1.165, 1.54) is 12.1 Å². The fraction of sp³-hybridized carbons (Fsp3) is 0.462. The Balaban J connectivity index is 1.32. The van der Waals surface area contributed by atoms with Gasteiger partial charge in [0.2, 0.25) is 0 Å². The summed E-state index contributed by atoms with van der Waals surface area (Å²) in [6.45, 7) is 2.33. The lowest BCUT2D eigenvalue weighted by molar-refractivity contribution is -0.138. The number of benzene rings is 1. The average Bonchev–Trinajstić information content (AvgIpc) is 3.47. The standard InChI is InChI=1S/C26H28FN3O4S/c1-16-22-24(28-20-8-5-13-29(20)25(22)32)35-23(16)26(33)34-15-21(31)30(19-6-3-2-4-7-19)14-17-9-11-18(27)12-10-17/h9-12,19H,2-8,13-15H2,1H3. The second-order valence-corrected chi connectivity index (χ2v) is 10.3. The Bertz CT molecular complexity index is 1330. The third-order valence-corrected chi connectivity index (χ3v) is 8.19. The second-order valence-electron chi connectivity index (χ2n) is 9.34. The molecule has 1 aromatic carbocycles. The van der Waals surface area contributed by atoms with Gasteiger partial charge in [0.05, 0.1) is 5.39 Å². The van der Waals surface area contributed by atoms with E-state index in [0.29, 0.717) is 33.7 Å². The van der Waals surface area contributed by atoms with Crippen molar-refractivity contribution in [3.8, 4) is 0 Å². The molecule has 1 saturated carbocycles. The highest BCUT2D eigenvalue weighted by Crippen LogP contribution is 2.29. The van der Waals surface area contributed by atoms with Gasteiger partial charge in [0.1, 0.15) is 21.3 Å². The molecule has 0 atom stereocenters. The van der Waals surface area contributed by atoms with Gasteiger partial charge in [-0.3, -0.25) is 14.2 Å². The van der Waals surface area contributed by atoms with Gasteiger partial charge in [-0.2, -0.15) is 0 Å². The van der Waals surface area contributed by atoms with E-state index in [-0.39, 0.29) is 29.9 Å². The quantitative estimate of drug-likeness (QED) is 0.473. The topological polar surface area (TPSA) is 81.5 Å². The van der Waals surface area contributed by atoms with Gasteiger partial charge in [-0.25, -0.2) is 14.2 Å². The van der Waals surface area contributed by atoms with Gasteiger partial charge in [0.25, 0.3) is 11.5 Å². The summed E-state index contributed by atoms with van der Waals surface area (Å²) < 4.78 is 20.5. The van der Waals surface area contributed by atoms with Crippen LogP contribution < -0.4 is 5.56 Å². The maximum absolute atomic E-state index is 13.3. The van der Waals surface area contributed by atoms with E-state index in [1.807, 2.05) is 0 Å². The van der Waals surface area contributed by atoms with Crippen molar-refractivity contribution in [2.75, 3.05) is 6.61 Å². The molecule has 0 radical (unpaired) electrons. The number of halogens is 1. The number of carbonyl (C=O) groups excluding carboxylic acids is 2. The van der Waals surface area contributed by atoms with Gasteiger partial charge < -0.3 is 9.64 Å². The Morgan fingerprint density at radius 2 is 1.91 bits per heavy atom. The summed E-state index contributed by atoms with van der Waals surface area (Å²) in [5.74, 6) is -0.460. The summed E-state index contributed by atoms with van der Waals surface area (Å²) in [6, 6.07) is 6.19. The maximum Gasteiger partial charge on any atom is 0.349 e. The normalized spacial score (nSPS) is 15.8. The molecule has 2 aliphatic rings. The molecule has 0 saturated heterocycles. The van der Waals surface area contributed by atoms with E-state index in [4.69, 9.17) is 4.74 Å². The number of thiophene rings is 1. The molecule has 1 fully saturated rings. The van der Waals surface area contributed by atoms with Crippen LogP contribution in [0.4, 0.5) is 4.39 Å². The highest BCUT2D eigenvalue weighted by molar-refractivity contribution is 7.20. The number of nitrogens with zero attached hydrogens (tertiary/aromatic N) is 3. The zero-order chi connectivity index (χ0) is 24.5. The van der Waals surface area contributed by atoms with Crippen molar-refractivity contribution in [1.29, 1.82) is 0 Å². The van der Waals surface area contributed by atoms with Gasteiger partial charge in [-0.1, -0.05) is 31.4 Å². The SMILES string of the molecule is Cc1c(C(=O)OCC(=O)N(Cc2ccc(F)cc2)C2CCCCC2)sc2nc3n(c(=O)c12)CCC3. The Labute approximate surface area is 206 Å². The first-order valence-corrected chi connectivity index (χ1v) is 13.0. The van der Waals surface area contributed by atoms with Crippen LogP contribution in [0.5, 0.6) is 0 Å². The van der Waals surface area contributed by atoms with Gasteiger partial charge in [0.15, 0.2) is 6.61 Å². The fourth-order valence-corrected chi connectivity index (χ4v) is 6.23. The number of ether oxygens (including phenoxy) is 1. The van der Waals surface area contributed by atoms with E-state index in [9.17, 15) is 18.8 Å². The molecule has 1 aliphatic heterocycles. The van der Waals surface area contributed by atoms with E-state index < -0.39 is 5.97 Å². The van der Waals surface area contributed by atoms with Crippen molar-refractivity contribution in [1.82, 2.24) is 14.5 Å². The van der Waals surface area contributed by atoms with Crippen molar-refractivity contribution in [3.05, 3.63) is 62.3 Å². The van der Waals surface area contributed by atoms with Crippen LogP contribution in [-0.4, -0.2) is 39.0 Å². The molecule has 3 aromatic rings. The van der Waals surface area contributed by atoms with Crippen molar-refractivity contribution in [2.24, 2.45) is 0 Å². The minimum absolute atomic E-state index is 0.0673. The first-order chi connectivity index (χ1) is 16.9. The summed E-state index contributed by atoms with van der Waals surface area (Å²) in [4.78, 5) is 46.2. The number of aromatic nitrogens is 2. The molecule has 1 amide bonds. The summed E-state index contributed by atoms with van der Waals surface area (Å²) in [6.07, 6.45) is 6.68. The van der Waals surface area contributed by atoms with Crippen molar-refractivity contribution in [3.63, 3.8) is 0 Å². The van der Waals surface area contributed by atoms with Crippen LogP contribution in [0, 0.1) is 12.7 Å². The predicted molar refractivity (Wildman–Crippen MR) is 131 cm³/mol. The van der Waals surface area contributed by atoms with Gasteiger partial charge >= 0.3 is 5.97 Å². The Kier molecular flexibility index (Phi) is 6.69. The minimum Gasteiger partial charge on any atom is -0.451 e. The van der Waals surface area contributed by atoms with Crippen molar-refractivity contribution >= 4 is 33.4 Å². The molecule has 5 rings (SSSR count). The molecule has 2 aromatic heterocycles. The van der Waals surface area contributed by atoms with Crippen LogP contribution >= 0.6 is 11.3 Å². The summed E-state index contributed by atoms with van der Waals surface area (Å²) >= 11 is 1.14. The number of hydrogen-bond donors (Lipinski definition) is 0. The molecule has 1 aliphatic carbocycles. The number of aryl methyl sites for hydroxylation is 2. The Hall–Kier alpha value is -3.07. The average molecular weight is 498 g/mol. The zero-order valence-corrected chi connectivity index (χ0v) is 20.5. The molecule has 9 heteroatoms. The first kappa shape index (κ1) is 23.7. The minimum atomic E-state index is -0.617. The molecule has 0 unspecified atom stereocenters. The van der Waals surface area contributed by atoms with Gasteiger partial charge in [-0.15, -0.1) is 11.3 Å². The number of esters is 1.